The smallest absolute Gasteiger partial charge is 0.224 e. The third-order valence-corrected chi connectivity index (χ3v) is 3.29. The molecule has 0 amide bonds. The molecular formula is C14H24N4. The summed E-state index contributed by atoms with van der Waals surface area (Å²) < 4.78 is 0. The van der Waals surface area contributed by atoms with Crippen LogP contribution in [0.2, 0.25) is 0 Å². The minimum absolute atomic E-state index is 0.604. The highest BCUT2D eigenvalue weighted by atomic mass is 15.2. The van der Waals surface area contributed by atoms with Gasteiger partial charge in [-0.05, 0) is 30.7 Å². The van der Waals surface area contributed by atoms with Crippen LogP contribution in [0.5, 0.6) is 0 Å². The molecule has 1 aromatic rings. The molecule has 1 aliphatic heterocycles. The van der Waals surface area contributed by atoms with Crippen LogP contribution in [-0.2, 0) is 0 Å². The molecule has 100 valence electrons. The Hall–Kier alpha value is -1.32. The van der Waals surface area contributed by atoms with Crippen molar-refractivity contribution in [3.05, 3.63) is 12.3 Å². The van der Waals surface area contributed by atoms with Crippen molar-refractivity contribution >= 4 is 11.8 Å². The van der Waals surface area contributed by atoms with Crippen molar-refractivity contribution < 1.29 is 0 Å². The van der Waals surface area contributed by atoms with Crippen LogP contribution >= 0.6 is 0 Å². The van der Waals surface area contributed by atoms with Gasteiger partial charge in [0.2, 0.25) is 5.95 Å². The third-order valence-electron chi connectivity index (χ3n) is 3.29. The molecule has 0 saturated carbocycles. The van der Waals surface area contributed by atoms with E-state index in [-0.39, 0.29) is 0 Å². The maximum absolute atomic E-state index is 4.61. The summed E-state index contributed by atoms with van der Waals surface area (Å²) in [4.78, 5) is 11.3. The average Bonchev–Trinajstić information content (AvgIpc) is 2.37. The lowest BCUT2D eigenvalue weighted by atomic mass is 10.0. The Labute approximate surface area is 110 Å². The number of piperidine rings is 1. The molecule has 4 nitrogen and oxygen atoms in total. The molecular weight excluding hydrogens is 224 g/mol. The third kappa shape index (κ3) is 3.59. The summed E-state index contributed by atoms with van der Waals surface area (Å²) in [5.74, 6) is 3.18. The van der Waals surface area contributed by atoms with E-state index in [1.807, 2.05) is 12.3 Å². The van der Waals surface area contributed by atoms with Gasteiger partial charge >= 0.3 is 0 Å². The molecule has 1 aromatic heterocycles. The van der Waals surface area contributed by atoms with E-state index in [4.69, 9.17) is 0 Å². The van der Waals surface area contributed by atoms with Gasteiger partial charge in [0, 0.05) is 25.8 Å². The first-order valence-corrected chi connectivity index (χ1v) is 6.97. The molecule has 0 aliphatic carbocycles. The SMILES string of the molecule is CC(C)CNc1nccc(N2CCCC(C)C2)n1. The van der Waals surface area contributed by atoms with Crippen molar-refractivity contribution in [2.45, 2.75) is 33.6 Å². The topological polar surface area (TPSA) is 41.1 Å². The molecule has 0 aromatic carbocycles. The minimum atomic E-state index is 0.604. The predicted octanol–water partition coefficient (Wildman–Crippen LogP) is 2.78. The molecule has 2 rings (SSSR count). The Morgan fingerprint density at radius 3 is 3.06 bits per heavy atom. The molecule has 4 heteroatoms. The summed E-state index contributed by atoms with van der Waals surface area (Å²) in [6.45, 7) is 9.82. The van der Waals surface area contributed by atoms with E-state index in [1.54, 1.807) is 0 Å². The van der Waals surface area contributed by atoms with E-state index >= 15 is 0 Å². The van der Waals surface area contributed by atoms with Gasteiger partial charge in [-0.3, -0.25) is 0 Å². The number of nitrogens with zero attached hydrogens (tertiary/aromatic N) is 3. The van der Waals surface area contributed by atoms with E-state index < -0.39 is 0 Å². The standard InChI is InChI=1S/C14H24N4/c1-11(2)9-16-14-15-7-6-13(17-14)18-8-4-5-12(3)10-18/h6-7,11-12H,4-5,8-10H2,1-3H3,(H,15,16,17). The van der Waals surface area contributed by atoms with E-state index in [0.29, 0.717) is 5.92 Å². The lowest BCUT2D eigenvalue weighted by Crippen LogP contribution is -2.34. The van der Waals surface area contributed by atoms with Gasteiger partial charge < -0.3 is 10.2 Å². The van der Waals surface area contributed by atoms with Crippen LogP contribution in [0.15, 0.2) is 12.3 Å². The first-order chi connectivity index (χ1) is 8.65. The maximum atomic E-state index is 4.61. The van der Waals surface area contributed by atoms with Crippen molar-refractivity contribution in [1.82, 2.24) is 9.97 Å². The first-order valence-electron chi connectivity index (χ1n) is 6.97. The number of anilines is 2. The highest BCUT2D eigenvalue weighted by Gasteiger charge is 2.17. The molecule has 1 saturated heterocycles. The second-order valence-electron chi connectivity index (χ2n) is 5.71. The zero-order valence-corrected chi connectivity index (χ0v) is 11.7. The molecule has 1 fully saturated rings. The van der Waals surface area contributed by atoms with E-state index in [2.05, 4.69) is 41.0 Å². The zero-order chi connectivity index (χ0) is 13.0. The second kappa shape index (κ2) is 6.03. The Morgan fingerprint density at radius 1 is 1.50 bits per heavy atom. The number of nitrogens with one attached hydrogen (secondary N) is 1. The molecule has 0 spiro atoms. The van der Waals surface area contributed by atoms with Crippen molar-refractivity contribution in [2.24, 2.45) is 11.8 Å². The summed E-state index contributed by atoms with van der Waals surface area (Å²) >= 11 is 0. The monoisotopic (exact) mass is 248 g/mol. The summed E-state index contributed by atoms with van der Waals surface area (Å²) in [7, 11) is 0. The normalized spacial score (nSPS) is 20.2. The molecule has 2 heterocycles. The van der Waals surface area contributed by atoms with Crippen molar-refractivity contribution in [3.63, 3.8) is 0 Å². The highest BCUT2D eigenvalue weighted by Crippen LogP contribution is 2.21. The fourth-order valence-electron chi connectivity index (χ4n) is 2.30. The van der Waals surface area contributed by atoms with Gasteiger partial charge in [-0.15, -0.1) is 0 Å². The van der Waals surface area contributed by atoms with Gasteiger partial charge in [0.15, 0.2) is 0 Å². The van der Waals surface area contributed by atoms with Crippen molar-refractivity contribution in [3.8, 4) is 0 Å². The van der Waals surface area contributed by atoms with Crippen LogP contribution in [0.25, 0.3) is 0 Å². The lowest BCUT2D eigenvalue weighted by Gasteiger charge is -2.31. The quantitative estimate of drug-likeness (QED) is 0.889. The molecule has 1 aliphatic rings. The molecule has 1 atom stereocenters. The lowest BCUT2D eigenvalue weighted by molar-refractivity contribution is 0.444. The fourth-order valence-corrected chi connectivity index (χ4v) is 2.30. The summed E-state index contributed by atoms with van der Waals surface area (Å²) in [5, 5.41) is 3.29. The highest BCUT2D eigenvalue weighted by molar-refractivity contribution is 5.42. The molecule has 18 heavy (non-hydrogen) atoms. The maximum Gasteiger partial charge on any atom is 0.224 e. The molecule has 0 radical (unpaired) electrons. The van der Waals surface area contributed by atoms with E-state index in [9.17, 15) is 0 Å². The largest absolute Gasteiger partial charge is 0.356 e. The van der Waals surface area contributed by atoms with Crippen LogP contribution < -0.4 is 10.2 Å². The Balaban J connectivity index is 2.02. The molecule has 1 N–H and O–H groups in total. The van der Waals surface area contributed by atoms with Crippen LogP contribution in [0.1, 0.15) is 33.6 Å². The number of hydrogen-bond acceptors (Lipinski definition) is 4. The van der Waals surface area contributed by atoms with Gasteiger partial charge in [-0.1, -0.05) is 20.8 Å². The summed E-state index contributed by atoms with van der Waals surface area (Å²) in [6.07, 6.45) is 4.45. The zero-order valence-electron chi connectivity index (χ0n) is 11.7. The Morgan fingerprint density at radius 2 is 2.33 bits per heavy atom. The van der Waals surface area contributed by atoms with E-state index in [1.165, 1.54) is 12.8 Å². The Kier molecular flexibility index (Phi) is 4.39. The number of hydrogen-bond donors (Lipinski definition) is 1. The Bertz CT molecular complexity index is 378. The van der Waals surface area contributed by atoms with Gasteiger partial charge in [0.05, 0.1) is 0 Å². The fraction of sp³-hybridized carbons (Fsp3) is 0.714. The number of aromatic nitrogens is 2. The summed E-state index contributed by atoms with van der Waals surface area (Å²) in [6, 6.07) is 2.01. The van der Waals surface area contributed by atoms with Crippen LogP contribution in [0.4, 0.5) is 11.8 Å². The van der Waals surface area contributed by atoms with Gasteiger partial charge in [-0.25, -0.2) is 4.98 Å². The first kappa shape index (κ1) is 13.1. The van der Waals surface area contributed by atoms with Gasteiger partial charge in [-0.2, -0.15) is 4.98 Å². The molecule has 0 bridgehead atoms. The minimum Gasteiger partial charge on any atom is -0.356 e. The summed E-state index contributed by atoms with van der Waals surface area (Å²) in [5.41, 5.74) is 0. The van der Waals surface area contributed by atoms with E-state index in [0.717, 1.165) is 37.3 Å². The van der Waals surface area contributed by atoms with Crippen LogP contribution in [0.3, 0.4) is 0 Å². The van der Waals surface area contributed by atoms with Crippen LogP contribution in [-0.4, -0.2) is 29.6 Å². The van der Waals surface area contributed by atoms with Crippen molar-refractivity contribution in [2.75, 3.05) is 29.9 Å². The predicted molar refractivity (Wildman–Crippen MR) is 76.0 cm³/mol. The van der Waals surface area contributed by atoms with Gasteiger partial charge in [0.1, 0.15) is 5.82 Å². The average molecular weight is 248 g/mol. The number of rotatable bonds is 4. The molecule has 1 unspecified atom stereocenters. The van der Waals surface area contributed by atoms with Gasteiger partial charge in [0.25, 0.3) is 0 Å². The second-order valence-corrected chi connectivity index (χ2v) is 5.71. The van der Waals surface area contributed by atoms with Crippen molar-refractivity contribution in [1.29, 1.82) is 0 Å². The van der Waals surface area contributed by atoms with Crippen LogP contribution in [0, 0.1) is 11.8 Å².